The van der Waals surface area contributed by atoms with Crippen molar-refractivity contribution < 1.29 is 13.2 Å². The lowest BCUT2D eigenvalue weighted by Crippen LogP contribution is -2.08. The summed E-state index contributed by atoms with van der Waals surface area (Å²) in [6, 6.07) is 6.94. The van der Waals surface area contributed by atoms with Crippen LogP contribution in [0.2, 0.25) is 5.02 Å². The standard InChI is InChI=1S/C20H19ClF3N5/c1-11-7-12(2)27-19(26-11)28-25-10-15-8-13(3)29(14(15)4)18-9-16(20(22,23)24)5-6-17(18)21/h5-10H,1-4H3,(H,26,27,28)/b25-10+. The van der Waals surface area contributed by atoms with Crippen LogP contribution in [-0.2, 0) is 6.18 Å². The fourth-order valence-electron chi connectivity index (χ4n) is 3.08. The van der Waals surface area contributed by atoms with Gasteiger partial charge < -0.3 is 4.57 Å². The highest BCUT2D eigenvalue weighted by molar-refractivity contribution is 6.32. The molecule has 0 saturated carbocycles. The molecule has 3 rings (SSSR count). The van der Waals surface area contributed by atoms with Gasteiger partial charge in [-0.3, -0.25) is 0 Å². The number of hydrogen-bond acceptors (Lipinski definition) is 4. The van der Waals surface area contributed by atoms with Crippen LogP contribution in [0.3, 0.4) is 0 Å². The van der Waals surface area contributed by atoms with Crippen LogP contribution in [0.15, 0.2) is 35.4 Å². The van der Waals surface area contributed by atoms with Gasteiger partial charge in [-0.2, -0.15) is 18.3 Å². The lowest BCUT2D eigenvalue weighted by Gasteiger charge is -2.14. The van der Waals surface area contributed by atoms with Gasteiger partial charge in [0.1, 0.15) is 0 Å². The average molecular weight is 422 g/mol. The van der Waals surface area contributed by atoms with Crippen LogP contribution in [0.4, 0.5) is 19.1 Å². The summed E-state index contributed by atoms with van der Waals surface area (Å²) in [6.45, 7) is 7.30. The first-order valence-electron chi connectivity index (χ1n) is 8.73. The molecule has 2 aromatic heterocycles. The average Bonchev–Trinajstić information content (AvgIpc) is 2.87. The Balaban J connectivity index is 1.93. The Morgan fingerprint density at radius 3 is 2.31 bits per heavy atom. The number of hydrazone groups is 1. The molecule has 2 heterocycles. The molecule has 0 aliphatic carbocycles. The van der Waals surface area contributed by atoms with Crippen molar-refractivity contribution in [3.63, 3.8) is 0 Å². The molecule has 0 spiro atoms. The summed E-state index contributed by atoms with van der Waals surface area (Å²) in [4.78, 5) is 8.47. The number of benzene rings is 1. The molecule has 1 aromatic carbocycles. The SMILES string of the molecule is Cc1cc(C)nc(N/N=C/c2cc(C)n(-c3cc(C(F)(F)F)ccc3Cl)c2C)n1. The molecule has 9 heteroatoms. The number of hydrogen-bond donors (Lipinski definition) is 1. The Morgan fingerprint density at radius 2 is 1.69 bits per heavy atom. The van der Waals surface area contributed by atoms with Gasteiger partial charge >= 0.3 is 6.18 Å². The van der Waals surface area contributed by atoms with Crippen LogP contribution in [0.25, 0.3) is 5.69 Å². The van der Waals surface area contributed by atoms with Crippen molar-refractivity contribution >= 4 is 23.8 Å². The lowest BCUT2D eigenvalue weighted by atomic mass is 10.2. The van der Waals surface area contributed by atoms with Crippen LogP contribution in [0.1, 0.15) is 33.9 Å². The molecule has 0 saturated heterocycles. The van der Waals surface area contributed by atoms with Crippen LogP contribution in [0.5, 0.6) is 0 Å². The molecule has 0 bridgehead atoms. The molecule has 29 heavy (non-hydrogen) atoms. The summed E-state index contributed by atoms with van der Waals surface area (Å²) in [7, 11) is 0. The number of alkyl halides is 3. The van der Waals surface area contributed by atoms with Crippen LogP contribution >= 0.6 is 11.6 Å². The number of nitrogens with one attached hydrogen (secondary N) is 1. The summed E-state index contributed by atoms with van der Waals surface area (Å²) < 4.78 is 41.0. The van der Waals surface area contributed by atoms with Crippen molar-refractivity contribution in [3.8, 4) is 5.69 Å². The monoisotopic (exact) mass is 421 g/mol. The van der Waals surface area contributed by atoms with E-state index >= 15 is 0 Å². The lowest BCUT2D eigenvalue weighted by molar-refractivity contribution is -0.137. The largest absolute Gasteiger partial charge is 0.416 e. The molecule has 0 unspecified atom stereocenters. The Morgan fingerprint density at radius 1 is 1.03 bits per heavy atom. The second-order valence-electron chi connectivity index (χ2n) is 6.67. The van der Waals surface area contributed by atoms with E-state index in [-0.39, 0.29) is 10.7 Å². The summed E-state index contributed by atoms with van der Waals surface area (Å²) in [5.41, 5.74) is 6.07. The van der Waals surface area contributed by atoms with E-state index in [0.29, 0.717) is 11.6 Å². The maximum absolute atomic E-state index is 13.1. The molecule has 0 radical (unpaired) electrons. The van der Waals surface area contributed by atoms with E-state index in [1.165, 1.54) is 6.07 Å². The summed E-state index contributed by atoms with van der Waals surface area (Å²) >= 11 is 6.20. The van der Waals surface area contributed by atoms with E-state index in [1.54, 1.807) is 24.6 Å². The van der Waals surface area contributed by atoms with E-state index in [0.717, 1.165) is 34.8 Å². The molecule has 5 nitrogen and oxygen atoms in total. The van der Waals surface area contributed by atoms with Crippen LogP contribution in [0, 0.1) is 27.7 Å². The molecule has 0 amide bonds. The minimum absolute atomic E-state index is 0.227. The van der Waals surface area contributed by atoms with Crippen molar-refractivity contribution in [2.24, 2.45) is 5.10 Å². The maximum Gasteiger partial charge on any atom is 0.416 e. The third-order valence-corrected chi connectivity index (χ3v) is 4.65. The van der Waals surface area contributed by atoms with Crippen molar-refractivity contribution in [3.05, 3.63) is 69.3 Å². The van der Waals surface area contributed by atoms with Gasteiger partial charge in [-0.05, 0) is 58.0 Å². The van der Waals surface area contributed by atoms with Gasteiger partial charge in [-0.25, -0.2) is 15.4 Å². The molecular weight excluding hydrogens is 403 g/mol. The topological polar surface area (TPSA) is 55.1 Å². The second kappa shape index (κ2) is 7.87. The Hall–Kier alpha value is -2.87. The van der Waals surface area contributed by atoms with Gasteiger partial charge in [0, 0.05) is 28.3 Å². The first-order valence-corrected chi connectivity index (χ1v) is 9.11. The zero-order valence-electron chi connectivity index (χ0n) is 16.3. The number of aromatic nitrogens is 3. The molecule has 1 N–H and O–H groups in total. The van der Waals surface area contributed by atoms with Gasteiger partial charge in [0.2, 0.25) is 5.95 Å². The fourth-order valence-corrected chi connectivity index (χ4v) is 3.29. The minimum Gasteiger partial charge on any atom is -0.316 e. The normalized spacial score (nSPS) is 12.0. The number of aryl methyl sites for hydroxylation is 3. The quantitative estimate of drug-likeness (QED) is 0.439. The van der Waals surface area contributed by atoms with Crippen LogP contribution < -0.4 is 5.43 Å². The van der Waals surface area contributed by atoms with Gasteiger partial charge in [0.25, 0.3) is 0 Å². The Labute approximate surface area is 171 Å². The van der Waals surface area contributed by atoms with Crippen molar-refractivity contribution in [1.82, 2.24) is 14.5 Å². The fraction of sp³-hybridized carbons (Fsp3) is 0.250. The maximum atomic E-state index is 13.1. The van der Waals surface area contributed by atoms with E-state index < -0.39 is 11.7 Å². The smallest absolute Gasteiger partial charge is 0.316 e. The summed E-state index contributed by atoms with van der Waals surface area (Å²) in [6.07, 6.45) is -2.88. The highest BCUT2D eigenvalue weighted by Gasteiger charge is 2.31. The van der Waals surface area contributed by atoms with Gasteiger partial charge in [-0.15, -0.1) is 0 Å². The third kappa shape index (κ3) is 4.59. The highest BCUT2D eigenvalue weighted by atomic mass is 35.5. The molecule has 3 aromatic rings. The number of nitrogens with zero attached hydrogens (tertiary/aromatic N) is 4. The predicted molar refractivity (Wildman–Crippen MR) is 108 cm³/mol. The molecule has 0 aliphatic heterocycles. The zero-order valence-corrected chi connectivity index (χ0v) is 17.0. The van der Waals surface area contributed by atoms with Crippen LogP contribution in [-0.4, -0.2) is 20.7 Å². The molecular formula is C20H19ClF3N5. The predicted octanol–water partition coefficient (Wildman–Crippen LogP) is 5.62. The van der Waals surface area contributed by atoms with Crippen molar-refractivity contribution in [2.45, 2.75) is 33.9 Å². The molecule has 0 aliphatic rings. The number of rotatable bonds is 4. The van der Waals surface area contributed by atoms with Gasteiger partial charge in [-0.1, -0.05) is 11.6 Å². The summed E-state index contributed by atoms with van der Waals surface area (Å²) in [5.74, 6) is 0.369. The second-order valence-corrected chi connectivity index (χ2v) is 7.08. The van der Waals surface area contributed by atoms with E-state index in [4.69, 9.17) is 11.6 Å². The minimum atomic E-state index is -4.45. The summed E-state index contributed by atoms with van der Waals surface area (Å²) in [5, 5.41) is 4.38. The van der Waals surface area contributed by atoms with Gasteiger partial charge in [0.05, 0.1) is 22.5 Å². The van der Waals surface area contributed by atoms with E-state index in [1.807, 2.05) is 26.0 Å². The van der Waals surface area contributed by atoms with E-state index in [9.17, 15) is 13.2 Å². The first-order chi connectivity index (χ1) is 13.6. The first kappa shape index (κ1) is 20.9. The Bertz CT molecular complexity index is 1070. The highest BCUT2D eigenvalue weighted by Crippen LogP contribution is 2.34. The van der Waals surface area contributed by atoms with E-state index in [2.05, 4.69) is 20.5 Å². The number of halogens is 4. The van der Waals surface area contributed by atoms with Gasteiger partial charge in [0.15, 0.2) is 0 Å². The third-order valence-electron chi connectivity index (χ3n) is 4.34. The number of anilines is 1. The van der Waals surface area contributed by atoms with Crippen molar-refractivity contribution in [2.75, 3.05) is 5.43 Å². The Kier molecular flexibility index (Phi) is 5.66. The molecule has 0 atom stereocenters. The molecule has 152 valence electrons. The molecule has 0 fully saturated rings. The zero-order chi connectivity index (χ0) is 21.3. The van der Waals surface area contributed by atoms with Crippen molar-refractivity contribution in [1.29, 1.82) is 0 Å².